The van der Waals surface area contributed by atoms with E-state index in [-0.39, 0.29) is 24.8 Å². The van der Waals surface area contributed by atoms with Crippen LogP contribution in [0.5, 0.6) is 5.75 Å². The smallest absolute Gasteiger partial charge is 0.408 e. The van der Waals surface area contributed by atoms with Crippen molar-refractivity contribution in [1.29, 1.82) is 0 Å². The van der Waals surface area contributed by atoms with E-state index in [1.807, 2.05) is 0 Å². The summed E-state index contributed by atoms with van der Waals surface area (Å²) in [6, 6.07) is 6.13. The largest absolute Gasteiger partial charge is 0.444 e. The van der Waals surface area contributed by atoms with Gasteiger partial charge in [-0.05, 0) is 45.0 Å². The zero-order valence-electron chi connectivity index (χ0n) is 14.9. The molecule has 10 nitrogen and oxygen atoms in total. The second kappa shape index (κ2) is 9.25. The van der Waals surface area contributed by atoms with Crippen LogP contribution in [0.2, 0.25) is 0 Å². The van der Waals surface area contributed by atoms with E-state index in [1.165, 1.54) is 12.1 Å². The van der Waals surface area contributed by atoms with E-state index in [0.29, 0.717) is 5.69 Å². The molecule has 1 rings (SSSR count). The Morgan fingerprint density at radius 3 is 2.19 bits per heavy atom. The molecular formula is C16H23N5O5. The van der Waals surface area contributed by atoms with Crippen molar-refractivity contribution in [3.8, 4) is 5.75 Å². The molecule has 0 saturated heterocycles. The van der Waals surface area contributed by atoms with Crippen LogP contribution in [0.4, 0.5) is 10.5 Å². The van der Waals surface area contributed by atoms with E-state index in [1.54, 1.807) is 32.9 Å². The van der Waals surface area contributed by atoms with E-state index in [2.05, 4.69) is 15.6 Å². The molecule has 0 fully saturated rings. The van der Waals surface area contributed by atoms with Gasteiger partial charge in [-0.15, -0.1) is 0 Å². The molecule has 142 valence electrons. The van der Waals surface area contributed by atoms with Crippen molar-refractivity contribution in [2.24, 2.45) is 16.5 Å². The van der Waals surface area contributed by atoms with Crippen LogP contribution < -0.4 is 26.8 Å². The number of hydrogen-bond acceptors (Lipinski definition) is 6. The highest BCUT2D eigenvalue weighted by atomic mass is 16.6. The van der Waals surface area contributed by atoms with Crippen molar-refractivity contribution < 1.29 is 23.9 Å². The molecule has 0 bridgehead atoms. The Hall–Kier alpha value is -3.30. The first kappa shape index (κ1) is 20.7. The topological polar surface area (TPSA) is 158 Å². The highest BCUT2D eigenvalue weighted by molar-refractivity contribution is 5.86. The maximum atomic E-state index is 11.7. The van der Waals surface area contributed by atoms with Gasteiger partial charge in [-0.25, -0.2) is 14.6 Å². The number of rotatable bonds is 6. The number of nitrogens with zero attached hydrogens (tertiary/aromatic N) is 1. The summed E-state index contributed by atoms with van der Waals surface area (Å²) in [6.45, 7) is 4.42. The van der Waals surface area contributed by atoms with Crippen LogP contribution in [0, 0.1) is 0 Å². The van der Waals surface area contributed by atoms with Crippen LogP contribution in [-0.2, 0) is 14.3 Å². The van der Waals surface area contributed by atoms with Gasteiger partial charge < -0.3 is 31.6 Å². The minimum atomic E-state index is -0.726. The van der Waals surface area contributed by atoms with Crippen LogP contribution in [0.1, 0.15) is 20.8 Å². The highest BCUT2D eigenvalue weighted by Gasteiger charge is 2.16. The lowest BCUT2D eigenvalue weighted by atomic mass is 10.2. The lowest BCUT2D eigenvalue weighted by molar-refractivity contribution is -0.135. The summed E-state index contributed by atoms with van der Waals surface area (Å²) in [5.74, 6) is -1.05. The van der Waals surface area contributed by atoms with Crippen molar-refractivity contribution in [1.82, 2.24) is 10.6 Å². The molecular weight excluding hydrogens is 342 g/mol. The summed E-state index contributed by atoms with van der Waals surface area (Å²) in [5, 5.41) is 4.60. The number of esters is 1. The van der Waals surface area contributed by atoms with Gasteiger partial charge in [0.25, 0.3) is 0 Å². The molecule has 0 aliphatic carbocycles. The molecule has 0 atom stereocenters. The van der Waals surface area contributed by atoms with Gasteiger partial charge >= 0.3 is 12.1 Å². The van der Waals surface area contributed by atoms with Crippen molar-refractivity contribution in [2.75, 3.05) is 13.1 Å². The zero-order valence-corrected chi connectivity index (χ0v) is 14.9. The Bertz CT molecular complexity index is 675. The van der Waals surface area contributed by atoms with Crippen molar-refractivity contribution in [3.05, 3.63) is 24.3 Å². The molecule has 0 heterocycles. The second-order valence-electron chi connectivity index (χ2n) is 6.14. The number of hydrogen-bond donors (Lipinski definition) is 4. The molecule has 0 saturated carbocycles. The van der Waals surface area contributed by atoms with Crippen LogP contribution >= 0.6 is 0 Å². The second-order valence-corrected chi connectivity index (χ2v) is 6.14. The summed E-state index contributed by atoms with van der Waals surface area (Å²) < 4.78 is 10.0. The van der Waals surface area contributed by atoms with Gasteiger partial charge in [-0.1, -0.05) is 0 Å². The average molecular weight is 365 g/mol. The molecule has 0 radical (unpaired) electrons. The molecule has 6 N–H and O–H groups in total. The van der Waals surface area contributed by atoms with Gasteiger partial charge in [0.15, 0.2) is 5.96 Å². The number of carbonyl (C=O) groups excluding carboxylic acids is 3. The molecule has 0 unspecified atom stereocenters. The molecule has 2 amide bonds. The first-order valence-corrected chi connectivity index (χ1v) is 7.69. The highest BCUT2D eigenvalue weighted by Crippen LogP contribution is 2.17. The molecule has 0 aromatic heterocycles. The van der Waals surface area contributed by atoms with E-state index < -0.39 is 23.6 Å². The Labute approximate surface area is 150 Å². The third-order valence-corrected chi connectivity index (χ3v) is 2.55. The number of ether oxygens (including phenoxy) is 2. The molecule has 0 aliphatic heterocycles. The Morgan fingerprint density at radius 1 is 1.04 bits per heavy atom. The fraction of sp³-hybridized carbons (Fsp3) is 0.375. The first-order valence-electron chi connectivity index (χ1n) is 7.69. The monoisotopic (exact) mass is 365 g/mol. The number of nitrogens with one attached hydrogen (secondary N) is 2. The molecule has 1 aromatic carbocycles. The van der Waals surface area contributed by atoms with Crippen LogP contribution in [0.25, 0.3) is 0 Å². The third kappa shape index (κ3) is 9.11. The standard InChI is InChI=1S/C16H23N5O5/c1-16(2,3)26-15(24)20-8-12(22)19-9-13(23)25-11-6-4-10(5-7-11)21-14(17)18/h4-7H,8-9H2,1-3H3,(H,19,22)(H,20,24)(H4,17,18,21). The normalized spacial score (nSPS) is 10.4. The SMILES string of the molecule is CC(C)(C)OC(=O)NCC(=O)NCC(=O)Oc1ccc(N=C(N)N)cc1. The number of nitrogens with two attached hydrogens (primary N) is 2. The number of aliphatic imine (C=N–C) groups is 1. The summed E-state index contributed by atoms with van der Waals surface area (Å²) in [4.78, 5) is 38.5. The summed E-state index contributed by atoms with van der Waals surface area (Å²) in [5.41, 5.74) is 10.3. The molecule has 10 heteroatoms. The van der Waals surface area contributed by atoms with Gasteiger partial charge in [0.2, 0.25) is 5.91 Å². The Balaban J connectivity index is 2.34. The minimum absolute atomic E-state index is 0.0857. The fourth-order valence-corrected chi connectivity index (χ4v) is 1.61. The fourth-order valence-electron chi connectivity index (χ4n) is 1.61. The lowest BCUT2D eigenvalue weighted by Gasteiger charge is -2.19. The van der Waals surface area contributed by atoms with Gasteiger partial charge in [0, 0.05) is 0 Å². The number of amides is 2. The van der Waals surface area contributed by atoms with Crippen LogP contribution in [0.15, 0.2) is 29.3 Å². The van der Waals surface area contributed by atoms with Crippen molar-refractivity contribution in [3.63, 3.8) is 0 Å². The summed E-state index contributed by atoms with van der Waals surface area (Å²) in [7, 11) is 0. The first-order chi connectivity index (χ1) is 12.0. The Kier molecular flexibility index (Phi) is 7.38. The quantitative estimate of drug-likeness (QED) is 0.241. The lowest BCUT2D eigenvalue weighted by Crippen LogP contribution is -2.41. The van der Waals surface area contributed by atoms with Gasteiger partial charge in [0.05, 0.1) is 5.69 Å². The average Bonchev–Trinajstić information content (AvgIpc) is 2.51. The third-order valence-electron chi connectivity index (χ3n) is 2.55. The van der Waals surface area contributed by atoms with Gasteiger partial charge in [-0.3, -0.25) is 4.79 Å². The zero-order chi connectivity index (χ0) is 19.7. The van der Waals surface area contributed by atoms with E-state index in [4.69, 9.17) is 20.9 Å². The van der Waals surface area contributed by atoms with Gasteiger partial charge in [0.1, 0.15) is 24.4 Å². The van der Waals surface area contributed by atoms with E-state index >= 15 is 0 Å². The predicted molar refractivity (Wildman–Crippen MR) is 94.8 cm³/mol. The van der Waals surface area contributed by atoms with E-state index in [0.717, 1.165) is 0 Å². The summed E-state index contributed by atoms with van der Waals surface area (Å²) in [6.07, 6.45) is -0.726. The molecule has 26 heavy (non-hydrogen) atoms. The Morgan fingerprint density at radius 2 is 1.65 bits per heavy atom. The maximum absolute atomic E-state index is 11.7. The van der Waals surface area contributed by atoms with Gasteiger partial charge in [-0.2, -0.15) is 0 Å². The van der Waals surface area contributed by atoms with Crippen LogP contribution in [-0.4, -0.2) is 42.6 Å². The minimum Gasteiger partial charge on any atom is -0.444 e. The van der Waals surface area contributed by atoms with E-state index in [9.17, 15) is 14.4 Å². The number of alkyl carbamates (subject to hydrolysis) is 1. The molecule has 1 aromatic rings. The molecule has 0 spiro atoms. The number of guanidine groups is 1. The van der Waals surface area contributed by atoms with Crippen molar-refractivity contribution in [2.45, 2.75) is 26.4 Å². The number of benzene rings is 1. The number of carbonyl (C=O) groups is 3. The summed E-state index contributed by atoms with van der Waals surface area (Å²) >= 11 is 0. The van der Waals surface area contributed by atoms with Crippen LogP contribution in [0.3, 0.4) is 0 Å². The maximum Gasteiger partial charge on any atom is 0.408 e. The van der Waals surface area contributed by atoms with Crippen molar-refractivity contribution >= 4 is 29.6 Å². The molecule has 0 aliphatic rings. The predicted octanol–water partition coefficient (Wildman–Crippen LogP) is 0.138.